The summed E-state index contributed by atoms with van der Waals surface area (Å²) in [6, 6.07) is 9.12. The molecule has 162 valence electrons. The molecule has 32 heavy (non-hydrogen) atoms. The topological polar surface area (TPSA) is 0 Å². The van der Waals surface area contributed by atoms with E-state index in [0.29, 0.717) is 35.5 Å². The van der Waals surface area contributed by atoms with Gasteiger partial charge in [0.1, 0.15) is 0 Å². The van der Waals surface area contributed by atoms with Crippen molar-refractivity contribution in [3.05, 3.63) is 112 Å². The first-order valence-corrected chi connectivity index (χ1v) is 12.4. The van der Waals surface area contributed by atoms with Crippen molar-refractivity contribution in [2.24, 2.45) is 35.0 Å². The molecule has 0 amide bonds. The van der Waals surface area contributed by atoms with Crippen LogP contribution in [0.1, 0.15) is 51.2 Å². The molecule has 0 heterocycles. The first kappa shape index (κ1) is 20.0. The third-order valence-electron chi connectivity index (χ3n) is 9.66. The molecular formula is C32H34. The Balaban J connectivity index is 1.67. The summed E-state index contributed by atoms with van der Waals surface area (Å²) in [5, 5.41) is 0. The quantitative estimate of drug-likeness (QED) is 0.464. The van der Waals surface area contributed by atoms with Gasteiger partial charge in [-0.25, -0.2) is 0 Å². The highest BCUT2D eigenvalue weighted by molar-refractivity contribution is 5.66. The number of hydrogen-bond acceptors (Lipinski definition) is 0. The summed E-state index contributed by atoms with van der Waals surface area (Å²) in [4.78, 5) is 0. The van der Waals surface area contributed by atoms with E-state index in [1.165, 1.54) is 23.1 Å². The van der Waals surface area contributed by atoms with Crippen LogP contribution in [0.4, 0.5) is 0 Å². The monoisotopic (exact) mass is 418 g/mol. The Labute approximate surface area is 193 Å². The van der Waals surface area contributed by atoms with E-state index in [4.69, 9.17) is 0 Å². The van der Waals surface area contributed by atoms with Gasteiger partial charge in [0.25, 0.3) is 0 Å². The van der Waals surface area contributed by atoms with Crippen LogP contribution in [0.2, 0.25) is 0 Å². The fourth-order valence-corrected chi connectivity index (χ4v) is 7.95. The highest BCUT2D eigenvalue weighted by Crippen LogP contribution is 2.70. The van der Waals surface area contributed by atoms with Gasteiger partial charge in [0.05, 0.1) is 0 Å². The second kappa shape index (κ2) is 7.20. The molecule has 1 fully saturated rings. The SMILES string of the molecule is CC1=C(C)C(C)C2CC(C3C=CC=C3)C(C3C=CC=C3)(C3C=Cc4ccccc43)C2=C1C. The first-order chi connectivity index (χ1) is 15.5. The van der Waals surface area contributed by atoms with Gasteiger partial charge in [-0.15, -0.1) is 0 Å². The van der Waals surface area contributed by atoms with E-state index in [0.717, 1.165) is 0 Å². The van der Waals surface area contributed by atoms with Crippen LogP contribution in [-0.4, -0.2) is 0 Å². The average molecular weight is 419 g/mol. The standard InChI is InChI=1S/C32H34/c1-20-21(2)23(4)31-28(22(20)3)19-30(25-12-5-6-13-25)32(31,26-14-8-9-15-26)29-18-17-24-11-7-10-16-27(24)29/h5-18,22,25-26,28-30H,19H2,1-4H3. The minimum atomic E-state index is 0.0707. The molecule has 0 N–H and O–H groups in total. The Morgan fingerprint density at radius 2 is 1.50 bits per heavy atom. The van der Waals surface area contributed by atoms with Crippen molar-refractivity contribution >= 4 is 6.08 Å². The fraction of sp³-hybridized carbons (Fsp3) is 0.375. The van der Waals surface area contributed by atoms with Crippen molar-refractivity contribution in [1.82, 2.24) is 0 Å². The second-order valence-electron chi connectivity index (χ2n) is 10.6. The van der Waals surface area contributed by atoms with E-state index in [1.54, 1.807) is 16.7 Å². The summed E-state index contributed by atoms with van der Waals surface area (Å²) in [6.07, 6.45) is 25.3. The summed E-state index contributed by atoms with van der Waals surface area (Å²) in [7, 11) is 0. The first-order valence-electron chi connectivity index (χ1n) is 12.4. The molecule has 0 aliphatic heterocycles. The largest absolute Gasteiger partial charge is 0.0773 e. The van der Waals surface area contributed by atoms with Gasteiger partial charge in [0.15, 0.2) is 0 Å². The van der Waals surface area contributed by atoms with Gasteiger partial charge >= 0.3 is 0 Å². The van der Waals surface area contributed by atoms with Crippen molar-refractivity contribution in [1.29, 1.82) is 0 Å². The molecular weight excluding hydrogens is 384 g/mol. The zero-order valence-corrected chi connectivity index (χ0v) is 19.8. The molecule has 0 saturated heterocycles. The van der Waals surface area contributed by atoms with Crippen LogP contribution >= 0.6 is 0 Å². The van der Waals surface area contributed by atoms with Crippen LogP contribution in [0, 0.1) is 35.0 Å². The van der Waals surface area contributed by atoms with E-state index in [2.05, 4.69) is 113 Å². The van der Waals surface area contributed by atoms with Crippen LogP contribution in [0.3, 0.4) is 0 Å². The molecule has 5 atom stereocenters. The maximum absolute atomic E-state index is 2.55. The molecule has 5 aliphatic carbocycles. The number of benzene rings is 1. The fourth-order valence-electron chi connectivity index (χ4n) is 7.95. The smallest absolute Gasteiger partial charge is 0.0159 e. The lowest BCUT2D eigenvalue weighted by Gasteiger charge is -2.49. The maximum atomic E-state index is 2.55. The molecule has 0 radical (unpaired) electrons. The third-order valence-corrected chi connectivity index (χ3v) is 9.66. The zero-order valence-electron chi connectivity index (χ0n) is 19.8. The van der Waals surface area contributed by atoms with Crippen LogP contribution < -0.4 is 0 Å². The van der Waals surface area contributed by atoms with Gasteiger partial charge in [-0.2, -0.15) is 0 Å². The van der Waals surface area contributed by atoms with Crippen molar-refractivity contribution in [2.75, 3.05) is 0 Å². The predicted molar refractivity (Wildman–Crippen MR) is 136 cm³/mol. The normalized spacial score (nSPS) is 35.6. The summed E-state index contributed by atoms with van der Waals surface area (Å²) in [5.74, 6) is 3.20. The summed E-state index contributed by atoms with van der Waals surface area (Å²) < 4.78 is 0. The van der Waals surface area contributed by atoms with Gasteiger partial charge in [0.2, 0.25) is 0 Å². The van der Waals surface area contributed by atoms with Crippen LogP contribution in [0.15, 0.2) is 101 Å². The third kappa shape index (κ3) is 2.50. The van der Waals surface area contributed by atoms with Crippen molar-refractivity contribution in [2.45, 2.75) is 40.0 Å². The summed E-state index contributed by atoms with van der Waals surface area (Å²) in [5.41, 5.74) is 9.48. The lowest BCUT2D eigenvalue weighted by atomic mass is 9.53. The van der Waals surface area contributed by atoms with Crippen LogP contribution in [-0.2, 0) is 0 Å². The van der Waals surface area contributed by atoms with Crippen molar-refractivity contribution < 1.29 is 0 Å². The molecule has 5 aliphatic rings. The molecule has 0 heteroatoms. The lowest BCUT2D eigenvalue weighted by Crippen LogP contribution is -2.42. The molecule has 6 rings (SSSR count). The van der Waals surface area contributed by atoms with Crippen molar-refractivity contribution in [3.8, 4) is 0 Å². The van der Waals surface area contributed by atoms with E-state index in [-0.39, 0.29) is 5.41 Å². The molecule has 0 bridgehead atoms. The molecule has 1 saturated carbocycles. The molecule has 0 spiro atoms. The van der Waals surface area contributed by atoms with Gasteiger partial charge < -0.3 is 0 Å². The molecule has 0 aromatic heterocycles. The van der Waals surface area contributed by atoms with Crippen LogP contribution in [0.25, 0.3) is 6.08 Å². The van der Waals surface area contributed by atoms with Crippen LogP contribution in [0.5, 0.6) is 0 Å². The molecule has 0 nitrogen and oxygen atoms in total. The maximum Gasteiger partial charge on any atom is 0.0159 e. The molecule has 1 aromatic rings. The zero-order chi connectivity index (χ0) is 22.0. The molecule has 1 aromatic carbocycles. The van der Waals surface area contributed by atoms with Crippen molar-refractivity contribution in [3.63, 3.8) is 0 Å². The minimum Gasteiger partial charge on any atom is -0.0773 e. The summed E-state index contributed by atoms with van der Waals surface area (Å²) >= 11 is 0. The van der Waals surface area contributed by atoms with Gasteiger partial charge in [-0.1, -0.05) is 103 Å². The molecule has 5 unspecified atom stereocenters. The number of fused-ring (bicyclic) bond motifs is 2. The minimum absolute atomic E-state index is 0.0707. The van der Waals surface area contributed by atoms with Gasteiger partial charge in [-0.3, -0.25) is 0 Å². The lowest BCUT2D eigenvalue weighted by molar-refractivity contribution is 0.156. The number of rotatable bonds is 3. The highest BCUT2D eigenvalue weighted by atomic mass is 14.6. The summed E-state index contributed by atoms with van der Waals surface area (Å²) in [6.45, 7) is 9.67. The Hall–Kier alpha value is -2.60. The number of hydrogen-bond donors (Lipinski definition) is 0. The Morgan fingerprint density at radius 3 is 2.25 bits per heavy atom. The second-order valence-corrected chi connectivity index (χ2v) is 10.6. The van der Waals surface area contributed by atoms with E-state index < -0.39 is 0 Å². The Morgan fingerprint density at radius 1 is 0.812 bits per heavy atom. The Kier molecular flexibility index (Phi) is 4.51. The number of allylic oxidation sites excluding steroid dienone is 13. The average Bonchev–Trinajstić information content (AvgIpc) is 3.60. The van der Waals surface area contributed by atoms with E-state index in [9.17, 15) is 0 Å². The Bertz CT molecular complexity index is 1150. The predicted octanol–water partition coefficient (Wildman–Crippen LogP) is 8.21. The van der Waals surface area contributed by atoms with Gasteiger partial charge in [0, 0.05) is 17.3 Å². The van der Waals surface area contributed by atoms with E-state index in [1.807, 2.05) is 0 Å². The highest BCUT2D eigenvalue weighted by Gasteiger charge is 2.62. The van der Waals surface area contributed by atoms with Gasteiger partial charge in [-0.05, 0) is 73.1 Å². The van der Waals surface area contributed by atoms with E-state index >= 15 is 0 Å².